The van der Waals surface area contributed by atoms with Crippen LogP contribution in [0, 0.1) is 12.8 Å². The molecule has 1 aromatic rings. The molecule has 0 saturated carbocycles. The van der Waals surface area contributed by atoms with Crippen molar-refractivity contribution >= 4 is 5.91 Å². The van der Waals surface area contributed by atoms with Crippen molar-refractivity contribution in [1.82, 2.24) is 15.0 Å². The van der Waals surface area contributed by atoms with E-state index in [1.807, 2.05) is 4.90 Å². The third-order valence-corrected chi connectivity index (χ3v) is 3.58. The molecule has 0 aliphatic carbocycles. The van der Waals surface area contributed by atoms with Crippen LogP contribution in [0.3, 0.4) is 0 Å². The van der Waals surface area contributed by atoms with Gasteiger partial charge < -0.3 is 14.2 Å². The number of carbonyl (C=O) groups excluding carboxylic acids is 1. The summed E-state index contributed by atoms with van der Waals surface area (Å²) in [6.07, 6.45) is 3.11. The van der Waals surface area contributed by atoms with Crippen molar-refractivity contribution in [3.63, 3.8) is 0 Å². The van der Waals surface area contributed by atoms with Crippen LogP contribution in [0.4, 0.5) is 0 Å². The van der Waals surface area contributed by atoms with Crippen molar-refractivity contribution in [2.75, 3.05) is 19.7 Å². The first-order chi connectivity index (χ1) is 10.0. The summed E-state index contributed by atoms with van der Waals surface area (Å²) in [5, 5.41) is 3.72. The number of carbonyl (C=O) groups is 1. The Hall–Kier alpha value is -1.43. The Kier molecular flexibility index (Phi) is 5.73. The van der Waals surface area contributed by atoms with Crippen LogP contribution in [-0.2, 0) is 16.0 Å². The molecule has 1 aliphatic heterocycles. The second-order valence-corrected chi connectivity index (χ2v) is 6.04. The van der Waals surface area contributed by atoms with E-state index in [-0.39, 0.29) is 5.91 Å². The van der Waals surface area contributed by atoms with Crippen LogP contribution in [0.25, 0.3) is 0 Å². The van der Waals surface area contributed by atoms with Gasteiger partial charge in [0.25, 0.3) is 0 Å². The largest absolute Gasteiger partial charge is 0.378 e. The quantitative estimate of drug-likeness (QED) is 0.802. The lowest BCUT2D eigenvalue weighted by Gasteiger charge is -2.32. The Balaban J connectivity index is 1.68. The van der Waals surface area contributed by atoms with Crippen LogP contribution in [0.15, 0.2) is 4.52 Å². The molecule has 0 spiro atoms. The van der Waals surface area contributed by atoms with Gasteiger partial charge >= 0.3 is 0 Å². The molecule has 1 aliphatic rings. The lowest BCUT2D eigenvalue weighted by atomic mass is 10.1. The molecule has 0 atom stereocenters. The van der Waals surface area contributed by atoms with Crippen molar-refractivity contribution < 1.29 is 14.1 Å². The van der Waals surface area contributed by atoms with Crippen LogP contribution in [0.5, 0.6) is 0 Å². The summed E-state index contributed by atoms with van der Waals surface area (Å²) in [6.45, 7) is 8.44. The molecule has 1 fully saturated rings. The van der Waals surface area contributed by atoms with E-state index in [1.54, 1.807) is 6.92 Å². The maximum atomic E-state index is 12.1. The highest BCUT2D eigenvalue weighted by atomic mass is 16.5. The lowest BCUT2D eigenvalue weighted by Crippen LogP contribution is -2.41. The number of nitrogens with zero attached hydrogens (tertiary/aromatic N) is 3. The van der Waals surface area contributed by atoms with Crippen molar-refractivity contribution in [1.29, 1.82) is 0 Å². The second kappa shape index (κ2) is 7.54. The number of rotatable bonds is 6. The van der Waals surface area contributed by atoms with Gasteiger partial charge in [-0.1, -0.05) is 19.0 Å². The highest BCUT2D eigenvalue weighted by Gasteiger charge is 2.23. The number of hydrogen-bond donors (Lipinski definition) is 0. The molecule has 2 heterocycles. The number of amides is 1. The lowest BCUT2D eigenvalue weighted by molar-refractivity contribution is -0.134. The number of ether oxygens (including phenoxy) is 1. The Bertz CT molecular complexity index is 451. The summed E-state index contributed by atoms with van der Waals surface area (Å²) in [5.41, 5.74) is 0. The molecule has 1 saturated heterocycles. The number of aryl methyl sites for hydroxylation is 2. The zero-order chi connectivity index (χ0) is 15.2. The van der Waals surface area contributed by atoms with Crippen molar-refractivity contribution in [3.05, 3.63) is 11.7 Å². The number of piperidine rings is 1. The fraction of sp³-hybridized carbons (Fsp3) is 0.800. The molecule has 2 rings (SSSR count). The smallest absolute Gasteiger partial charge is 0.227 e. The van der Waals surface area contributed by atoms with Gasteiger partial charge in [0.15, 0.2) is 5.82 Å². The van der Waals surface area contributed by atoms with E-state index in [1.165, 1.54) is 0 Å². The average Bonchev–Trinajstić information content (AvgIpc) is 2.89. The van der Waals surface area contributed by atoms with Crippen molar-refractivity contribution in [3.8, 4) is 0 Å². The Morgan fingerprint density at radius 3 is 2.71 bits per heavy atom. The molecule has 1 amide bonds. The first-order valence-electron chi connectivity index (χ1n) is 7.73. The van der Waals surface area contributed by atoms with Crippen LogP contribution in [0.1, 0.15) is 44.8 Å². The SMILES string of the molecule is Cc1noc(CCC(=O)N2CCC(OCC(C)C)CC2)n1. The van der Waals surface area contributed by atoms with Gasteiger partial charge in [0.2, 0.25) is 11.8 Å². The molecule has 1 aromatic heterocycles. The Labute approximate surface area is 125 Å². The third-order valence-electron chi connectivity index (χ3n) is 3.58. The number of likely N-dealkylation sites (tertiary alicyclic amines) is 1. The molecule has 6 nitrogen and oxygen atoms in total. The maximum absolute atomic E-state index is 12.1. The van der Waals surface area contributed by atoms with E-state index in [0.29, 0.717) is 36.6 Å². The number of aromatic nitrogens is 2. The normalized spacial score (nSPS) is 16.7. The molecular formula is C15H25N3O3. The topological polar surface area (TPSA) is 68.5 Å². The Morgan fingerprint density at radius 2 is 2.14 bits per heavy atom. The molecule has 0 aromatic carbocycles. The average molecular weight is 295 g/mol. The van der Waals surface area contributed by atoms with Gasteiger partial charge in [-0.2, -0.15) is 4.98 Å². The van der Waals surface area contributed by atoms with E-state index < -0.39 is 0 Å². The highest BCUT2D eigenvalue weighted by Crippen LogP contribution is 2.16. The predicted molar refractivity (Wildman–Crippen MR) is 77.7 cm³/mol. The maximum Gasteiger partial charge on any atom is 0.227 e. The summed E-state index contributed by atoms with van der Waals surface area (Å²) >= 11 is 0. The molecule has 6 heteroatoms. The van der Waals surface area contributed by atoms with Gasteiger partial charge in [-0.15, -0.1) is 0 Å². The Morgan fingerprint density at radius 1 is 1.43 bits per heavy atom. The van der Waals surface area contributed by atoms with Crippen molar-refractivity contribution in [2.45, 2.75) is 52.6 Å². The van der Waals surface area contributed by atoms with Gasteiger partial charge in [0.1, 0.15) is 0 Å². The zero-order valence-corrected chi connectivity index (χ0v) is 13.2. The summed E-state index contributed by atoms with van der Waals surface area (Å²) in [4.78, 5) is 18.2. The minimum atomic E-state index is 0.160. The minimum absolute atomic E-state index is 0.160. The van der Waals surface area contributed by atoms with Gasteiger partial charge in [-0.25, -0.2) is 0 Å². The molecule has 21 heavy (non-hydrogen) atoms. The van der Waals surface area contributed by atoms with Crippen LogP contribution in [-0.4, -0.2) is 46.7 Å². The second-order valence-electron chi connectivity index (χ2n) is 6.04. The summed E-state index contributed by atoms with van der Waals surface area (Å²) < 4.78 is 10.9. The van der Waals surface area contributed by atoms with E-state index in [4.69, 9.17) is 9.26 Å². The van der Waals surface area contributed by atoms with E-state index in [2.05, 4.69) is 24.0 Å². The van der Waals surface area contributed by atoms with Crippen molar-refractivity contribution in [2.24, 2.45) is 5.92 Å². The molecular weight excluding hydrogens is 270 g/mol. The zero-order valence-electron chi connectivity index (χ0n) is 13.2. The highest BCUT2D eigenvalue weighted by molar-refractivity contribution is 5.76. The summed E-state index contributed by atoms with van der Waals surface area (Å²) in [7, 11) is 0. The summed E-state index contributed by atoms with van der Waals surface area (Å²) in [6, 6.07) is 0. The summed E-state index contributed by atoms with van der Waals surface area (Å²) in [5.74, 6) is 1.87. The number of hydrogen-bond acceptors (Lipinski definition) is 5. The van der Waals surface area contributed by atoms with Gasteiger partial charge in [0.05, 0.1) is 6.10 Å². The standard InChI is InChI=1S/C15H25N3O3/c1-11(2)10-20-13-6-8-18(9-7-13)15(19)5-4-14-16-12(3)17-21-14/h11,13H,4-10H2,1-3H3. The van der Waals surface area contributed by atoms with Crippen LogP contribution in [0.2, 0.25) is 0 Å². The predicted octanol–water partition coefficient (Wildman–Crippen LogP) is 1.97. The fourth-order valence-corrected chi connectivity index (χ4v) is 2.41. The van der Waals surface area contributed by atoms with E-state index in [9.17, 15) is 4.79 Å². The molecule has 0 radical (unpaired) electrons. The van der Waals surface area contributed by atoms with Gasteiger partial charge in [-0.3, -0.25) is 4.79 Å². The molecule has 118 valence electrons. The fourth-order valence-electron chi connectivity index (χ4n) is 2.41. The van der Waals surface area contributed by atoms with Gasteiger partial charge in [0, 0.05) is 32.5 Å². The first-order valence-corrected chi connectivity index (χ1v) is 7.73. The first kappa shape index (κ1) is 15.9. The molecule has 0 unspecified atom stereocenters. The van der Waals surface area contributed by atoms with Gasteiger partial charge in [-0.05, 0) is 25.7 Å². The van der Waals surface area contributed by atoms with Crippen LogP contribution >= 0.6 is 0 Å². The van der Waals surface area contributed by atoms with E-state index in [0.717, 1.165) is 32.5 Å². The third kappa shape index (κ3) is 5.12. The van der Waals surface area contributed by atoms with Crippen LogP contribution < -0.4 is 0 Å². The van der Waals surface area contributed by atoms with E-state index >= 15 is 0 Å². The minimum Gasteiger partial charge on any atom is -0.378 e. The monoisotopic (exact) mass is 295 g/mol. The molecule has 0 N–H and O–H groups in total. The molecule has 0 bridgehead atoms.